The number of rotatable bonds is 8. The maximum absolute atomic E-state index is 12.0. The van der Waals surface area contributed by atoms with Crippen molar-refractivity contribution < 1.29 is 19.2 Å². The first-order valence-electron chi connectivity index (χ1n) is 8.14. The van der Waals surface area contributed by atoms with Crippen LogP contribution < -0.4 is 20.6 Å². The van der Waals surface area contributed by atoms with Crippen molar-refractivity contribution in [3.63, 3.8) is 0 Å². The number of ether oxygens (including phenoxy) is 2. The molecular weight excluding hydrogens is 352 g/mol. The Bertz CT molecular complexity index is 867. The molecular formula is C18H20N4O5. The normalized spacial score (nSPS) is 10.6. The van der Waals surface area contributed by atoms with Crippen LogP contribution in [0.5, 0.6) is 11.5 Å². The Morgan fingerprint density at radius 3 is 2.78 bits per heavy atom. The number of nitrogen functional groups attached to an aromatic ring is 1. The number of methoxy groups -OCH3 is 1. The average Bonchev–Trinajstić information content (AvgIpc) is 2.65. The molecule has 3 N–H and O–H groups in total. The summed E-state index contributed by atoms with van der Waals surface area (Å²) in [6.45, 7) is 2.21. The van der Waals surface area contributed by atoms with Crippen molar-refractivity contribution in [2.24, 2.45) is 5.10 Å². The van der Waals surface area contributed by atoms with Gasteiger partial charge < -0.3 is 15.2 Å². The summed E-state index contributed by atoms with van der Waals surface area (Å²) in [5.74, 6) is -0.186. The van der Waals surface area contributed by atoms with Crippen molar-refractivity contribution in [2.45, 2.75) is 13.3 Å². The van der Waals surface area contributed by atoms with Gasteiger partial charge in [-0.3, -0.25) is 14.9 Å². The Balaban J connectivity index is 2.22. The van der Waals surface area contributed by atoms with Gasteiger partial charge in [-0.15, -0.1) is 0 Å². The van der Waals surface area contributed by atoms with Gasteiger partial charge in [0.1, 0.15) is 0 Å². The largest absolute Gasteiger partial charge is 0.493 e. The Morgan fingerprint density at radius 1 is 1.37 bits per heavy atom. The topological polar surface area (TPSA) is 129 Å². The summed E-state index contributed by atoms with van der Waals surface area (Å²) in [4.78, 5) is 22.8. The molecule has 0 aliphatic rings. The lowest BCUT2D eigenvalue weighted by molar-refractivity contribution is -0.386. The number of benzene rings is 2. The van der Waals surface area contributed by atoms with Gasteiger partial charge in [0, 0.05) is 22.9 Å². The minimum atomic E-state index is -0.559. The number of nitrogens with zero attached hydrogens (tertiary/aromatic N) is 2. The Morgan fingerprint density at radius 2 is 2.15 bits per heavy atom. The van der Waals surface area contributed by atoms with Crippen molar-refractivity contribution in [3.05, 3.63) is 57.6 Å². The van der Waals surface area contributed by atoms with E-state index in [1.165, 1.54) is 31.5 Å². The SMILES string of the molecule is CCCOc1c(OC)cc(/C=N\NC(=O)c2cccc(N)c2)cc1[N+](=O)[O-]. The molecule has 2 aromatic carbocycles. The minimum Gasteiger partial charge on any atom is -0.493 e. The number of nitrogens with one attached hydrogen (secondary N) is 1. The van der Waals surface area contributed by atoms with Gasteiger partial charge in [0.2, 0.25) is 5.75 Å². The molecule has 142 valence electrons. The van der Waals surface area contributed by atoms with Crippen molar-refractivity contribution in [3.8, 4) is 11.5 Å². The number of carbonyl (C=O) groups excluding carboxylic acids is 1. The highest BCUT2D eigenvalue weighted by Crippen LogP contribution is 2.38. The quantitative estimate of drug-likeness (QED) is 0.317. The van der Waals surface area contributed by atoms with E-state index in [-0.39, 0.29) is 17.2 Å². The fraction of sp³-hybridized carbons (Fsp3) is 0.222. The van der Waals surface area contributed by atoms with E-state index in [1.54, 1.807) is 18.2 Å². The number of hydrogen-bond acceptors (Lipinski definition) is 7. The van der Waals surface area contributed by atoms with Crippen LogP contribution in [0.25, 0.3) is 0 Å². The third-order valence-electron chi connectivity index (χ3n) is 3.45. The van der Waals surface area contributed by atoms with Crippen LogP contribution in [-0.4, -0.2) is 30.8 Å². The summed E-state index contributed by atoms with van der Waals surface area (Å²) in [6, 6.07) is 9.25. The monoisotopic (exact) mass is 372 g/mol. The average molecular weight is 372 g/mol. The number of nitro groups is 1. The molecule has 0 aliphatic carbocycles. The molecule has 0 heterocycles. The van der Waals surface area contributed by atoms with Gasteiger partial charge in [-0.1, -0.05) is 13.0 Å². The molecule has 0 atom stereocenters. The number of nitro benzene ring substituents is 1. The maximum atomic E-state index is 12.0. The molecule has 0 saturated carbocycles. The van der Waals surface area contributed by atoms with Gasteiger partial charge in [-0.05, 0) is 30.7 Å². The fourth-order valence-corrected chi connectivity index (χ4v) is 2.23. The van der Waals surface area contributed by atoms with Crippen molar-refractivity contribution in [2.75, 3.05) is 19.5 Å². The van der Waals surface area contributed by atoms with Gasteiger partial charge in [0.15, 0.2) is 5.75 Å². The molecule has 2 aromatic rings. The molecule has 0 radical (unpaired) electrons. The molecule has 0 unspecified atom stereocenters. The molecule has 0 aliphatic heterocycles. The standard InChI is InChI=1S/C18H20N4O5/c1-3-7-27-17-15(22(24)25)8-12(9-16(17)26-2)11-20-21-18(23)13-5-4-6-14(19)10-13/h4-6,8-11H,3,7,19H2,1-2H3,(H,21,23)/b20-11-. The molecule has 2 rings (SSSR count). The lowest BCUT2D eigenvalue weighted by Crippen LogP contribution is -2.17. The van der Waals surface area contributed by atoms with Crippen LogP contribution in [-0.2, 0) is 0 Å². The highest BCUT2D eigenvalue weighted by atomic mass is 16.6. The predicted molar refractivity (Wildman–Crippen MR) is 101 cm³/mol. The lowest BCUT2D eigenvalue weighted by atomic mass is 10.2. The second kappa shape index (κ2) is 9.18. The first-order chi connectivity index (χ1) is 13.0. The van der Waals surface area contributed by atoms with E-state index in [9.17, 15) is 14.9 Å². The number of anilines is 1. The predicted octanol–water partition coefficient (Wildman–Crippen LogP) is 2.74. The van der Waals surface area contributed by atoms with Crippen LogP contribution >= 0.6 is 0 Å². The van der Waals surface area contributed by atoms with E-state index in [1.807, 2.05) is 6.92 Å². The molecule has 27 heavy (non-hydrogen) atoms. The van der Waals surface area contributed by atoms with Gasteiger partial charge in [-0.2, -0.15) is 5.10 Å². The first-order valence-corrected chi connectivity index (χ1v) is 8.14. The van der Waals surface area contributed by atoms with E-state index in [0.29, 0.717) is 29.8 Å². The summed E-state index contributed by atoms with van der Waals surface area (Å²) in [5, 5.41) is 15.2. The van der Waals surface area contributed by atoms with E-state index in [4.69, 9.17) is 15.2 Å². The zero-order valence-corrected chi connectivity index (χ0v) is 15.0. The van der Waals surface area contributed by atoms with E-state index in [0.717, 1.165) is 0 Å². The molecule has 0 spiro atoms. The lowest BCUT2D eigenvalue weighted by Gasteiger charge is -2.11. The van der Waals surface area contributed by atoms with Crippen LogP contribution in [0.4, 0.5) is 11.4 Å². The second-order valence-electron chi connectivity index (χ2n) is 5.50. The summed E-state index contributed by atoms with van der Waals surface area (Å²) >= 11 is 0. The van der Waals surface area contributed by atoms with Gasteiger partial charge >= 0.3 is 5.69 Å². The van der Waals surface area contributed by atoms with Crippen molar-refractivity contribution in [1.29, 1.82) is 0 Å². The van der Waals surface area contributed by atoms with Crippen molar-refractivity contribution in [1.82, 2.24) is 5.43 Å². The molecule has 1 amide bonds. The summed E-state index contributed by atoms with van der Waals surface area (Å²) in [5.41, 5.74) is 8.90. The Labute approximate surface area is 155 Å². The van der Waals surface area contributed by atoms with Crippen LogP contribution in [0.3, 0.4) is 0 Å². The van der Waals surface area contributed by atoms with Crippen LogP contribution in [0.2, 0.25) is 0 Å². The number of amides is 1. The Hall–Kier alpha value is -3.62. The third-order valence-corrected chi connectivity index (χ3v) is 3.45. The molecule has 9 nitrogen and oxygen atoms in total. The van der Waals surface area contributed by atoms with Gasteiger partial charge in [0.25, 0.3) is 5.91 Å². The molecule has 0 fully saturated rings. The molecule has 0 saturated heterocycles. The van der Waals surface area contributed by atoms with Crippen molar-refractivity contribution >= 4 is 23.5 Å². The number of hydrogen-bond donors (Lipinski definition) is 2. The van der Waals surface area contributed by atoms with E-state index < -0.39 is 10.8 Å². The summed E-state index contributed by atoms with van der Waals surface area (Å²) < 4.78 is 10.6. The number of hydrazone groups is 1. The highest BCUT2D eigenvalue weighted by molar-refractivity contribution is 5.95. The second-order valence-corrected chi connectivity index (χ2v) is 5.50. The van der Waals surface area contributed by atoms with Crippen LogP contribution in [0.1, 0.15) is 29.3 Å². The van der Waals surface area contributed by atoms with Crippen LogP contribution in [0.15, 0.2) is 41.5 Å². The zero-order chi connectivity index (χ0) is 19.8. The molecule has 9 heteroatoms. The summed E-state index contributed by atoms with van der Waals surface area (Å²) in [7, 11) is 1.39. The number of carbonyl (C=O) groups is 1. The summed E-state index contributed by atoms with van der Waals surface area (Å²) in [6.07, 6.45) is 1.98. The molecule has 0 bridgehead atoms. The molecule has 0 aromatic heterocycles. The van der Waals surface area contributed by atoms with Gasteiger partial charge in [-0.25, -0.2) is 5.43 Å². The zero-order valence-electron chi connectivity index (χ0n) is 15.0. The first kappa shape index (κ1) is 19.7. The van der Waals surface area contributed by atoms with Crippen LogP contribution in [0, 0.1) is 10.1 Å². The van der Waals surface area contributed by atoms with E-state index in [2.05, 4.69) is 10.5 Å². The Kier molecular flexibility index (Phi) is 6.70. The minimum absolute atomic E-state index is 0.0605. The maximum Gasteiger partial charge on any atom is 0.315 e. The fourth-order valence-electron chi connectivity index (χ4n) is 2.23. The smallest absolute Gasteiger partial charge is 0.315 e. The van der Waals surface area contributed by atoms with Gasteiger partial charge in [0.05, 0.1) is 24.9 Å². The highest BCUT2D eigenvalue weighted by Gasteiger charge is 2.21. The number of nitrogens with two attached hydrogens (primary N) is 1. The third kappa shape index (κ3) is 5.18. The van der Waals surface area contributed by atoms with E-state index >= 15 is 0 Å².